The summed E-state index contributed by atoms with van der Waals surface area (Å²) >= 11 is 0. The van der Waals surface area contributed by atoms with E-state index in [0.29, 0.717) is 28.8 Å². The molecule has 8 heteroatoms. The number of aromatic nitrogens is 3. The Balaban J connectivity index is 1.99. The Labute approximate surface area is 233 Å². The van der Waals surface area contributed by atoms with Crippen LogP contribution in [0.3, 0.4) is 0 Å². The highest BCUT2D eigenvalue weighted by Gasteiger charge is 2.30. The fourth-order valence-electron chi connectivity index (χ4n) is 5.33. The van der Waals surface area contributed by atoms with Crippen molar-refractivity contribution in [3.8, 4) is 22.7 Å². The van der Waals surface area contributed by atoms with Crippen LogP contribution in [0.2, 0.25) is 0 Å². The zero-order valence-electron chi connectivity index (χ0n) is 23.6. The first kappa shape index (κ1) is 27.1. The lowest BCUT2D eigenvalue weighted by Crippen LogP contribution is -2.25. The summed E-state index contributed by atoms with van der Waals surface area (Å²) in [5.74, 6) is -0.529. The van der Waals surface area contributed by atoms with E-state index in [0.717, 1.165) is 46.6 Å². The summed E-state index contributed by atoms with van der Waals surface area (Å²) in [6, 6.07) is 21.5. The molecule has 5 aromatic rings. The minimum atomic E-state index is -0.459. The van der Waals surface area contributed by atoms with Crippen molar-refractivity contribution in [1.29, 1.82) is 0 Å². The maximum absolute atomic E-state index is 13.5. The third kappa shape index (κ3) is 4.75. The van der Waals surface area contributed by atoms with Crippen LogP contribution in [0.5, 0.6) is 5.75 Å². The maximum atomic E-state index is 13.5. The molecule has 0 radical (unpaired) electrons. The van der Waals surface area contributed by atoms with Gasteiger partial charge < -0.3 is 14.0 Å². The number of para-hydroxylation sites is 1. The molecule has 0 aliphatic rings. The van der Waals surface area contributed by atoms with Crippen LogP contribution in [0.15, 0.2) is 66.7 Å². The maximum Gasteiger partial charge on any atom is 0.340 e. The van der Waals surface area contributed by atoms with Gasteiger partial charge in [-0.1, -0.05) is 62.4 Å². The second kappa shape index (κ2) is 11.4. The van der Waals surface area contributed by atoms with Gasteiger partial charge in [-0.05, 0) is 38.2 Å². The standard InChI is InChI=1S/C32H34N4O4/c1-6-35(7-2)20-25-27(32(38)39-8-3)24-19-26(40-21(4)37)31-28(30(24)34(25)5)29(22-15-11-9-12-16-22)33-36(31)23-17-13-10-14-18-23/h9-19H,6-8,20H2,1-5H3. The van der Waals surface area contributed by atoms with Crippen LogP contribution in [-0.4, -0.2) is 50.9 Å². The summed E-state index contributed by atoms with van der Waals surface area (Å²) in [4.78, 5) is 28.2. The topological polar surface area (TPSA) is 78.6 Å². The molecule has 2 heterocycles. The van der Waals surface area contributed by atoms with E-state index in [4.69, 9.17) is 14.6 Å². The van der Waals surface area contributed by atoms with Crippen molar-refractivity contribution in [1.82, 2.24) is 19.2 Å². The first-order valence-electron chi connectivity index (χ1n) is 13.6. The molecule has 0 aliphatic carbocycles. The average molecular weight is 539 g/mol. The van der Waals surface area contributed by atoms with Crippen LogP contribution in [0.25, 0.3) is 38.8 Å². The van der Waals surface area contributed by atoms with Crippen LogP contribution in [0.4, 0.5) is 0 Å². The van der Waals surface area contributed by atoms with Crippen LogP contribution in [0, 0.1) is 0 Å². The van der Waals surface area contributed by atoms with Gasteiger partial charge in [-0.15, -0.1) is 0 Å². The second-order valence-electron chi connectivity index (χ2n) is 9.61. The number of carbonyl (C=O) groups is 2. The van der Waals surface area contributed by atoms with E-state index in [1.165, 1.54) is 6.92 Å². The number of hydrogen-bond acceptors (Lipinski definition) is 6. The van der Waals surface area contributed by atoms with Crippen LogP contribution in [0.1, 0.15) is 43.7 Å². The van der Waals surface area contributed by atoms with Gasteiger partial charge in [0.05, 0.1) is 28.8 Å². The van der Waals surface area contributed by atoms with Crippen molar-refractivity contribution in [3.63, 3.8) is 0 Å². The molecular weight excluding hydrogens is 504 g/mol. The highest BCUT2D eigenvalue weighted by Crippen LogP contribution is 2.43. The fourth-order valence-corrected chi connectivity index (χ4v) is 5.33. The molecule has 0 spiro atoms. The summed E-state index contributed by atoms with van der Waals surface area (Å²) in [5.41, 5.74) is 5.26. The van der Waals surface area contributed by atoms with Gasteiger partial charge in [0.2, 0.25) is 0 Å². The SMILES string of the molecule is CCOC(=O)c1c(CN(CC)CC)n(C)c2c1cc(OC(C)=O)c1c2c(-c2ccccc2)nn1-c1ccccc1. The number of aryl methyl sites for hydroxylation is 1. The molecule has 0 bridgehead atoms. The van der Waals surface area contributed by atoms with E-state index < -0.39 is 11.9 Å². The van der Waals surface area contributed by atoms with Crippen LogP contribution in [-0.2, 0) is 23.1 Å². The monoisotopic (exact) mass is 538 g/mol. The van der Waals surface area contributed by atoms with Crippen molar-refractivity contribution in [2.45, 2.75) is 34.2 Å². The minimum Gasteiger partial charge on any atom is -0.462 e. The van der Waals surface area contributed by atoms with E-state index in [2.05, 4.69) is 23.3 Å². The van der Waals surface area contributed by atoms with Crippen molar-refractivity contribution in [3.05, 3.63) is 78.0 Å². The van der Waals surface area contributed by atoms with Gasteiger partial charge in [0, 0.05) is 37.2 Å². The van der Waals surface area contributed by atoms with Crippen LogP contribution >= 0.6 is 0 Å². The number of ether oxygens (including phenoxy) is 2. The molecule has 0 unspecified atom stereocenters. The van der Waals surface area contributed by atoms with Gasteiger partial charge >= 0.3 is 11.9 Å². The zero-order valence-corrected chi connectivity index (χ0v) is 23.6. The second-order valence-corrected chi connectivity index (χ2v) is 9.61. The number of fused-ring (bicyclic) bond motifs is 3. The molecule has 206 valence electrons. The van der Waals surface area contributed by atoms with Crippen molar-refractivity contribution >= 4 is 33.7 Å². The summed E-state index contributed by atoms with van der Waals surface area (Å²) < 4.78 is 15.3. The first-order chi connectivity index (χ1) is 19.4. The summed E-state index contributed by atoms with van der Waals surface area (Å²) in [6.07, 6.45) is 0. The third-order valence-corrected chi connectivity index (χ3v) is 7.23. The van der Waals surface area contributed by atoms with Crippen molar-refractivity contribution in [2.24, 2.45) is 7.05 Å². The molecular formula is C32H34N4O4. The Hall–Kier alpha value is -4.43. The smallest absolute Gasteiger partial charge is 0.340 e. The molecule has 5 rings (SSSR count). The molecule has 0 saturated carbocycles. The Morgan fingerprint density at radius 3 is 2.17 bits per heavy atom. The van der Waals surface area contributed by atoms with Gasteiger partial charge in [-0.3, -0.25) is 9.69 Å². The van der Waals surface area contributed by atoms with E-state index in [-0.39, 0.29) is 6.61 Å². The van der Waals surface area contributed by atoms with Gasteiger partial charge in [0.25, 0.3) is 0 Å². The molecule has 2 aromatic heterocycles. The summed E-state index contributed by atoms with van der Waals surface area (Å²) in [7, 11) is 1.98. The summed E-state index contributed by atoms with van der Waals surface area (Å²) in [5, 5.41) is 6.55. The number of nitrogens with zero attached hydrogens (tertiary/aromatic N) is 4. The molecule has 0 N–H and O–H groups in total. The van der Waals surface area contributed by atoms with Crippen molar-refractivity contribution < 1.29 is 19.1 Å². The van der Waals surface area contributed by atoms with Gasteiger partial charge in [0.1, 0.15) is 11.2 Å². The lowest BCUT2D eigenvalue weighted by Gasteiger charge is -2.19. The molecule has 8 nitrogen and oxygen atoms in total. The Morgan fingerprint density at radius 1 is 0.925 bits per heavy atom. The Bertz CT molecular complexity index is 1680. The largest absolute Gasteiger partial charge is 0.462 e. The molecule has 0 saturated heterocycles. The first-order valence-corrected chi connectivity index (χ1v) is 13.6. The predicted octanol–water partition coefficient (Wildman–Crippen LogP) is 6.13. The highest BCUT2D eigenvalue weighted by molar-refractivity contribution is 6.19. The molecule has 0 atom stereocenters. The number of carbonyl (C=O) groups excluding carboxylic acids is 2. The predicted molar refractivity (Wildman–Crippen MR) is 157 cm³/mol. The van der Waals surface area contributed by atoms with E-state index in [1.54, 1.807) is 13.0 Å². The Morgan fingerprint density at radius 2 is 1.57 bits per heavy atom. The molecule has 3 aromatic carbocycles. The highest BCUT2D eigenvalue weighted by atomic mass is 16.5. The van der Waals surface area contributed by atoms with E-state index >= 15 is 0 Å². The lowest BCUT2D eigenvalue weighted by atomic mass is 10.0. The molecule has 0 aliphatic heterocycles. The number of hydrogen-bond donors (Lipinski definition) is 0. The zero-order chi connectivity index (χ0) is 28.4. The molecule has 0 amide bonds. The van der Waals surface area contributed by atoms with E-state index in [9.17, 15) is 9.59 Å². The number of rotatable bonds is 9. The summed E-state index contributed by atoms with van der Waals surface area (Å²) in [6.45, 7) is 9.85. The third-order valence-electron chi connectivity index (χ3n) is 7.23. The number of esters is 2. The lowest BCUT2D eigenvalue weighted by molar-refractivity contribution is -0.131. The average Bonchev–Trinajstić information content (AvgIpc) is 3.48. The fraction of sp³-hybridized carbons (Fsp3) is 0.281. The minimum absolute atomic E-state index is 0.250. The van der Waals surface area contributed by atoms with E-state index in [1.807, 2.05) is 72.4 Å². The quantitative estimate of drug-likeness (QED) is 0.166. The van der Waals surface area contributed by atoms with Crippen molar-refractivity contribution in [2.75, 3.05) is 19.7 Å². The van der Waals surface area contributed by atoms with Gasteiger partial charge in [-0.25, -0.2) is 9.48 Å². The molecule has 40 heavy (non-hydrogen) atoms. The normalized spacial score (nSPS) is 11.4. The van der Waals surface area contributed by atoms with Gasteiger partial charge in [-0.2, -0.15) is 5.10 Å². The van der Waals surface area contributed by atoms with Gasteiger partial charge in [0.15, 0.2) is 5.75 Å². The number of benzene rings is 3. The Kier molecular flexibility index (Phi) is 7.71. The van der Waals surface area contributed by atoms with Crippen LogP contribution < -0.4 is 4.74 Å². The molecule has 0 fully saturated rings.